The minimum atomic E-state index is -3.42. The fourth-order valence-corrected chi connectivity index (χ4v) is 4.36. The highest BCUT2D eigenvalue weighted by Gasteiger charge is 2.20. The first-order valence-electron chi connectivity index (χ1n) is 8.91. The Labute approximate surface area is 160 Å². The van der Waals surface area contributed by atoms with Gasteiger partial charge in [-0.1, -0.05) is 0 Å². The van der Waals surface area contributed by atoms with Crippen LogP contribution in [-0.2, 0) is 19.3 Å². The number of benzene rings is 1. The smallest absolute Gasteiger partial charge is 0.178 e. The van der Waals surface area contributed by atoms with Crippen LogP contribution in [0.2, 0.25) is 0 Å². The van der Waals surface area contributed by atoms with Crippen LogP contribution in [0.3, 0.4) is 0 Å². The van der Waals surface area contributed by atoms with Crippen LogP contribution in [0.25, 0.3) is 11.1 Å². The minimum Gasteiger partial charge on any atom is -0.385 e. The monoisotopic (exact) mass is 391 g/mol. The van der Waals surface area contributed by atoms with Gasteiger partial charge in [-0.2, -0.15) is 0 Å². The SMILES string of the molecule is COCCCS(=O)(=O)c1cc(-c2ccc(N)nc2)cc(N2CCOCC2)c1. The molecule has 0 amide bonds. The van der Waals surface area contributed by atoms with Crippen LogP contribution in [0, 0.1) is 0 Å². The van der Waals surface area contributed by atoms with Gasteiger partial charge in [-0.05, 0) is 42.3 Å². The molecule has 1 aromatic carbocycles. The molecule has 27 heavy (non-hydrogen) atoms. The molecule has 0 saturated carbocycles. The molecule has 1 aliphatic rings. The largest absolute Gasteiger partial charge is 0.385 e. The van der Waals surface area contributed by atoms with Gasteiger partial charge in [0.05, 0.1) is 23.9 Å². The van der Waals surface area contributed by atoms with Crippen LogP contribution in [0.15, 0.2) is 41.4 Å². The van der Waals surface area contributed by atoms with E-state index in [9.17, 15) is 8.42 Å². The lowest BCUT2D eigenvalue weighted by Gasteiger charge is -2.29. The Bertz CT molecular complexity index is 863. The summed E-state index contributed by atoms with van der Waals surface area (Å²) in [6.07, 6.45) is 2.12. The first-order valence-corrected chi connectivity index (χ1v) is 10.6. The highest BCUT2D eigenvalue weighted by Crippen LogP contribution is 2.30. The molecule has 0 atom stereocenters. The Hall–Kier alpha value is -2.16. The van der Waals surface area contributed by atoms with Crippen molar-refractivity contribution in [2.24, 2.45) is 0 Å². The van der Waals surface area contributed by atoms with E-state index in [1.807, 2.05) is 12.1 Å². The zero-order chi connectivity index (χ0) is 19.3. The van der Waals surface area contributed by atoms with Crippen molar-refractivity contribution in [3.63, 3.8) is 0 Å². The van der Waals surface area contributed by atoms with E-state index in [0.717, 1.165) is 29.9 Å². The van der Waals surface area contributed by atoms with Gasteiger partial charge < -0.3 is 20.1 Å². The third-order valence-electron chi connectivity index (χ3n) is 4.51. The number of rotatable bonds is 7. The van der Waals surface area contributed by atoms with Gasteiger partial charge in [0, 0.05) is 44.3 Å². The van der Waals surface area contributed by atoms with Gasteiger partial charge >= 0.3 is 0 Å². The standard InChI is InChI=1S/C19H25N3O4S/c1-25-7-2-10-27(23,24)18-12-16(15-3-4-19(20)21-14-15)11-17(13-18)22-5-8-26-9-6-22/h3-4,11-14H,2,5-10H2,1H3,(H2,20,21). The molecule has 1 aromatic heterocycles. The number of nitrogen functional groups attached to an aromatic ring is 1. The number of hydrogen-bond acceptors (Lipinski definition) is 7. The summed E-state index contributed by atoms with van der Waals surface area (Å²) in [7, 11) is -1.85. The summed E-state index contributed by atoms with van der Waals surface area (Å²) in [6, 6.07) is 9.01. The summed E-state index contributed by atoms with van der Waals surface area (Å²) in [5, 5.41) is 0. The predicted octanol–water partition coefficient (Wildman–Crippen LogP) is 1.98. The number of morpholine rings is 1. The molecule has 1 fully saturated rings. The number of aromatic nitrogens is 1. The second-order valence-corrected chi connectivity index (χ2v) is 8.56. The maximum absolute atomic E-state index is 12.8. The number of sulfone groups is 1. The maximum atomic E-state index is 12.8. The minimum absolute atomic E-state index is 0.0484. The number of ether oxygens (including phenoxy) is 2. The van der Waals surface area contributed by atoms with E-state index in [1.165, 1.54) is 0 Å². The lowest BCUT2D eigenvalue weighted by Crippen LogP contribution is -2.36. The van der Waals surface area contributed by atoms with E-state index < -0.39 is 9.84 Å². The van der Waals surface area contributed by atoms with Crippen LogP contribution in [-0.4, -0.2) is 59.2 Å². The van der Waals surface area contributed by atoms with Crippen LogP contribution in [0.5, 0.6) is 0 Å². The summed E-state index contributed by atoms with van der Waals surface area (Å²) in [6.45, 7) is 3.13. The highest BCUT2D eigenvalue weighted by atomic mass is 32.2. The molecule has 2 aromatic rings. The molecule has 0 aliphatic carbocycles. The maximum Gasteiger partial charge on any atom is 0.178 e. The number of pyridine rings is 1. The molecule has 146 valence electrons. The Balaban J connectivity index is 2.01. The zero-order valence-corrected chi connectivity index (χ0v) is 16.2. The van der Waals surface area contributed by atoms with E-state index in [4.69, 9.17) is 15.2 Å². The Morgan fingerprint density at radius 3 is 2.63 bits per heavy atom. The molecule has 1 aliphatic heterocycles. The van der Waals surface area contributed by atoms with Crippen molar-refractivity contribution in [3.8, 4) is 11.1 Å². The van der Waals surface area contributed by atoms with Crippen LogP contribution < -0.4 is 10.6 Å². The lowest BCUT2D eigenvalue weighted by molar-refractivity contribution is 0.122. The Morgan fingerprint density at radius 2 is 1.96 bits per heavy atom. The third-order valence-corrected chi connectivity index (χ3v) is 6.29. The first-order chi connectivity index (χ1) is 13.0. The lowest BCUT2D eigenvalue weighted by atomic mass is 10.1. The zero-order valence-electron chi connectivity index (χ0n) is 15.4. The van der Waals surface area contributed by atoms with E-state index >= 15 is 0 Å². The molecule has 2 N–H and O–H groups in total. The normalized spacial score (nSPS) is 15.1. The van der Waals surface area contributed by atoms with Crippen molar-refractivity contribution in [1.82, 2.24) is 4.98 Å². The van der Waals surface area contributed by atoms with Crippen molar-refractivity contribution in [3.05, 3.63) is 36.5 Å². The fourth-order valence-electron chi connectivity index (χ4n) is 3.02. The number of methoxy groups -OCH3 is 1. The van der Waals surface area contributed by atoms with Gasteiger partial charge in [-0.3, -0.25) is 0 Å². The van der Waals surface area contributed by atoms with Crippen molar-refractivity contribution >= 4 is 21.3 Å². The van der Waals surface area contributed by atoms with Gasteiger partial charge in [-0.25, -0.2) is 13.4 Å². The third kappa shape index (κ3) is 4.97. The molecule has 0 bridgehead atoms. The van der Waals surface area contributed by atoms with Gasteiger partial charge in [0.15, 0.2) is 9.84 Å². The summed E-state index contributed by atoms with van der Waals surface area (Å²) < 4.78 is 36.1. The van der Waals surface area contributed by atoms with E-state index in [0.29, 0.717) is 37.0 Å². The Kier molecular flexibility index (Phi) is 6.30. The van der Waals surface area contributed by atoms with Crippen molar-refractivity contribution in [1.29, 1.82) is 0 Å². The molecule has 0 unspecified atom stereocenters. The molecular formula is C19H25N3O4S. The molecule has 7 nitrogen and oxygen atoms in total. The number of nitrogens with two attached hydrogens (primary N) is 1. The second-order valence-electron chi connectivity index (χ2n) is 6.45. The van der Waals surface area contributed by atoms with E-state index in [1.54, 1.807) is 31.5 Å². The average Bonchev–Trinajstić information content (AvgIpc) is 2.69. The van der Waals surface area contributed by atoms with Gasteiger partial charge in [0.1, 0.15) is 5.82 Å². The summed E-state index contributed by atoms with van der Waals surface area (Å²) in [4.78, 5) is 6.59. The Morgan fingerprint density at radius 1 is 1.19 bits per heavy atom. The van der Waals surface area contributed by atoms with Crippen molar-refractivity contribution < 1.29 is 17.9 Å². The number of anilines is 2. The van der Waals surface area contributed by atoms with Gasteiger partial charge in [-0.15, -0.1) is 0 Å². The van der Waals surface area contributed by atoms with Crippen molar-refractivity contribution in [2.45, 2.75) is 11.3 Å². The van der Waals surface area contributed by atoms with Gasteiger partial charge in [0.2, 0.25) is 0 Å². The highest BCUT2D eigenvalue weighted by molar-refractivity contribution is 7.91. The average molecular weight is 391 g/mol. The van der Waals surface area contributed by atoms with Crippen LogP contribution in [0.4, 0.5) is 11.5 Å². The second kappa shape index (κ2) is 8.69. The van der Waals surface area contributed by atoms with E-state index in [-0.39, 0.29) is 5.75 Å². The number of hydrogen-bond donors (Lipinski definition) is 1. The molecule has 8 heteroatoms. The fraction of sp³-hybridized carbons (Fsp3) is 0.421. The molecule has 3 rings (SSSR count). The molecular weight excluding hydrogens is 366 g/mol. The molecule has 1 saturated heterocycles. The number of nitrogens with zero attached hydrogens (tertiary/aromatic N) is 2. The van der Waals surface area contributed by atoms with E-state index in [2.05, 4.69) is 9.88 Å². The summed E-state index contributed by atoms with van der Waals surface area (Å²) >= 11 is 0. The molecule has 2 heterocycles. The first kappa shape index (κ1) is 19.6. The van der Waals surface area contributed by atoms with Crippen molar-refractivity contribution in [2.75, 3.05) is 56.4 Å². The quantitative estimate of drug-likeness (QED) is 0.721. The molecule has 0 radical (unpaired) electrons. The van der Waals surface area contributed by atoms with Crippen LogP contribution >= 0.6 is 0 Å². The summed E-state index contributed by atoms with van der Waals surface area (Å²) in [5.74, 6) is 0.475. The van der Waals surface area contributed by atoms with Gasteiger partial charge in [0.25, 0.3) is 0 Å². The topological polar surface area (TPSA) is 94.8 Å². The van der Waals surface area contributed by atoms with Crippen LogP contribution in [0.1, 0.15) is 6.42 Å². The summed E-state index contributed by atoms with van der Waals surface area (Å²) in [5.41, 5.74) is 8.18. The predicted molar refractivity (Wildman–Crippen MR) is 106 cm³/mol. The molecule has 0 spiro atoms.